The third kappa shape index (κ3) is 3.19. The predicted molar refractivity (Wildman–Crippen MR) is 52.3 cm³/mol. The van der Waals surface area contributed by atoms with Gasteiger partial charge in [0.15, 0.2) is 0 Å². The summed E-state index contributed by atoms with van der Waals surface area (Å²) in [5, 5.41) is 7.29. The van der Waals surface area contributed by atoms with Crippen molar-refractivity contribution in [3.05, 3.63) is 18.0 Å². The third-order valence-electron chi connectivity index (χ3n) is 2.28. The fourth-order valence-corrected chi connectivity index (χ4v) is 1.42. The Bertz CT molecular complexity index is 219. The third-order valence-corrected chi connectivity index (χ3v) is 2.28. The second kappa shape index (κ2) is 5.02. The summed E-state index contributed by atoms with van der Waals surface area (Å²) in [6.45, 7) is 7.45. The standard InChI is InChI=1S/C10H18N2O/c1-4-10(8(2)3)11-7-9-5-6-13-12-9/h5-6,8,10-11H,4,7H2,1-3H3. The van der Waals surface area contributed by atoms with Crippen LogP contribution in [0.2, 0.25) is 0 Å². The number of aromatic nitrogens is 1. The zero-order chi connectivity index (χ0) is 9.68. The lowest BCUT2D eigenvalue weighted by Crippen LogP contribution is -2.32. The molecular weight excluding hydrogens is 164 g/mol. The number of rotatable bonds is 5. The number of nitrogens with zero attached hydrogens (tertiary/aromatic N) is 1. The normalized spacial score (nSPS) is 13.5. The van der Waals surface area contributed by atoms with Crippen LogP contribution >= 0.6 is 0 Å². The molecule has 1 rings (SSSR count). The molecule has 0 aliphatic rings. The number of nitrogens with one attached hydrogen (secondary N) is 1. The molecule has 1 aromatic heterocycles. The summed E-state index contributed by atoms with van der Waals surface area (Å²) in [6.07, 6.45) is 2.75. The van der Waals surface area contributed by atoms with Crippen LogP contribution in [-0.2, 0) is 6.54 Å². The van der Waals surface area contributed by atoms with E-state index in [0.29, 0.717) is 12.0 Å². The van der Waals surface area contributed by atoms with Crippen LogP contribution < -0.4 is 5.32 Å². The highest BCUT2D eigenvalue weighted by Gasteiger charge is 2.10. The van der Waals surface area contributed by atoms with Crippen molar-refractivity contribution in [2.45, 2.75) is 39.8 Å². The second-order valence-corrected chi connectivity index (χ2v) is 3.63. The van der Waals surface area contributed by atoms with Gasteiger partial charge in [0, 0.05) is 18.7 Å². The van der Waals surface area contributed by atoms with Crippen LogP contribution in [0.15, 0.2) is 16.9 Å². The Labute approximate surface area is 79.5 Å². The van der Waals surface area contributed by atoms with Gasteiger partial charge in [-0.15, -0.1) is 0 Å². The number of hydrogen-bond donors (Lipinski definition) is 1. The highest BCUT2D eigenvalue weighted by molar-refractivity contribution is 4.94. The maximum Gasteiger partial charge on any atom is 0.124 e. The van der Waals surface area contributed by atoms with Gasteiger partial charge >= 0.3 is 0 Å². The molecule has 0 saturated heterocycles. The summed E-state index contributed by atoms with van der Waals surface area (Å²) in [7, 11) is 0. The SMILES string of the molecule is CCC(NCc1ccon1)C(C)C. The second-order valence-electron chi connectivity index (χ2n) is 3.63. The van der Waals surface area contributed by atoms with Crippen molar-refractivity contribution in [1.29, 1.82) is 0 Å². The first-order chi connectivity index (χ1) is 6.24. The minimum atomic E-state index is 0.566. The molecule has 0 saturated carbocycles. The molecule has 0 aromatic carbocycles. The summed E-state index contributed by atoms with van der Waals surface area (Å²) in [4.78, 5) is 0. The molecule has 0 aliphatic carbocycles. The Kier molecular flexibility index (Phi) is 3.96. The van der Waals surface area contributed by atoms with E-state index in [1.165, 1.54) is 0 Å². The van der Waals surface area contributed by atoms with Gasteiger partial charge in [-0.2, -0.15) is 0 Å². The van der Waals surface area contributed by atoms with Gasteiger partial charge in [0.25, 0.3) is 0 Å². The molecule has 74 valence electrons. The van der Waals surface area contributed by atoms with Gasteiger partial charge in [0.2, 0.25) is 0 Å². The van der Waals surface area contributed by atoms with Gasteiger partial charge in [-0.3, -0.25) is 0 Å². The Hall–Kier alpha value is -0.830. The molecule has 3 nitrogen and oxygen atoms in total. The molecule has 0 spiro atoms. The largest absolute Gasteiger partial charge is 0.364 e. The average Bonchev–Trinajstić information content (AvgIpc) is 2.57. The van der Waals surface area contributed by atoms with Crippen molar-refractivity contribution in [2.75, 3.05) is 0 Å². The minimum absolute atomic E-state index is 0.566. The van der Waals surface area contributed by atoms with Gasteiger partial charge in [-0.25, -0.2) is 0 Å². The molecule has 0 radical (unpaired) electrons. The lowest BCUT2D eigenvalue weighted by atomic mass is 10.0. The van der Waals surface area contributed by atoms with Crippen LogP contribution in [0.1, 0.15) is 32.9 Å². The Balaban J connectivity index is 2.32. The molecule has 0 amide bonds. The molecule has 0 aliphatic heterocycles. The van der Waals surface area contributed by atoms with Crippen molar-refractivity contribution in [1.82, 2.24) is 10.5 Å². The highest BCUT2D eigenvalue weighted by atomic mass is 16.5. The monoisotopic (exact) mass is 182 g/mol. The van der Waals surface area contributed by atoms with E-state index < -0.39 is 0 Å². The molecule has 13 heavy (non-hydrogen) atoms. The van der Waals surface area contributed by atoms with Crippen molar-refractivity contribution in [2.24, 2.45) is 5.92 Å². The summed E-state index contributed by atoms with van der Waals surface area (Å²) >= 11 is 0. The maximum absolute atomic E-state index is 4.75. The molecule has 1 atom stereocenters. The van der Waals surface area contributed by atoms with E-state index in [-0.39, 0.29) is 0 Å². The number of hydrogen-bond acceptors (Lipinski definition) is 3. The van der Waals surface area contributed by atoms with Crippen molar-refractivity contribution >= 4 is 0 Å². The molecule has 1 heterocycles. The van der Waals surface area contributed by atoms with Crippen molar-refractivity contribution in [3.8, 4) is 0 Å². The van der Waals surface area contributed by atoms with E-state index in [4.69, 9.17) is 4.52 Å². The van der Waals surface area contributed by atoms with Gasteiger partial charge in [-0.05, 0) is 12.3 Å². The van der Waals surface area contributed by atoms with Crippen LogP contribution in [-0.4, -0.2) is 11.2 Å². The first-order valence-electron chi connectivity index (χ1n) is 4.86. The first kappa shape index (κ1) is 10.3. The fourth-order valence-electron chi connectivity index (χ4n) is 1.42. The smallest absolute Gasteiger partial charge is 0.124 e. The summed E-state index contributed by atoms with van der Waals surface area (Å²) in [5.74, 6) is 0.664. The van der Waals surface area contributed by atoms with Crippen LogP contribution in [0.5, 0.6) is 0 Å². The van der Waals surface area contributed by atoms with Crippen LogP contribution in [0.4, 0.5) is 0 Å². The Morgan fingerprint density at radius 2 is 2.31 bits per heavy atom. The van der Waals surface area contributed by atoms with Gasteiger partial charge in [-0.1, -0.05) is 25.9 Å². The molecule has 1 aromatic rings. The quantitative estimate of drug-likeness (QED) is 0.758. The molecule has 1 unspecified atom stereocenters. The lowest BCUT2D eigenvalue weighted by Gasteiger charge is -2.19. The minimum Gasteiger partial charge on any atom is -0.364 e. The van der Waals surface area contributed by atoms with Crippen LogP contribution in [0.3, 0.4) is 0 Å². The summed E-state index contributed by atoms with van der Waals surface area (Å²) in [5.41, 5.74) is 0.971. The zero-order valence-corrected chi connectivity index (χ0v) is 8.58. The van der Waals surface area contributed by atoms with E-state index in [0.717, 1.165) is 18.7 Å². The highest BCUT2D eigenvalue weighted by Crippen LogP contribution is 2.06. The zero-order valence-electron chi connectivity index (χ0n) is 8.58. The van der Waals surface area contributed by atoms with E-state index in [2.05, 4.69) is 31.2 Å². The van der Waals surface area contributed by atoms with E-state index in [9.17, 15) is 0 Å². The molecular formula is C10H18N2O. The Morgan fingerprint density at radius 1 is 1.54 bits per heavy atom. The van der Waals surface area contributed by atoms with Gasteiger partial charge in [0.05, 0.1) is 5.69 Å². The topological polar surface area (TPSA) is 38.1 Å². The van der Waals surface area contributed by atoms with Crippen LogP contribution in [0, 0.1) is 5.92 Å². The van der Waals surface area contributed by atoms with Gasteiger partial charge in [0.1, 0.15) is 6.26 Å². The Morgan fingerprint density at radius 3 is 2.77 bits per heavy atom. The molecule has 0 bridgehead atoms. The maximum atomic E-state index is 4.75. The van der Waals surface area contributed by atoms with Crippen LogP contribution in [0.25, 0.3) is 0 Å². The van der Waals surface area contributed by atoms with E-state index >= 15 is 0 Å². The lowest BCUT2D eigenvalue weighted by molar-refractivity contribution is 0.371. The molecule has 1 N–H and O–H groups in total. The molecule has 0 fully saturated rings. The first-order valence-corrected chi connectivity index (χ1v) is 4.86. The van der Waals surface area contributed by atoms with Crippen molar-refractivity contribution in [3.63, 3.8) is 0 Å². The summed E-state index contributed by atoms with van der Waals surface area (Å²) < 4.78 is 4.75. The van der Waals surface area contributed by atoms with E-state index in [1.54, 1.807) is 6.26 Å². The van der Waals surface area contributed by atoms with Gasteiger partial charge < -0.3 is 9.84 Å². The predicted octanol–water partition coefficient (Wildman–Crippen LogP) is 2.20. The van der Waals surface area contributed by atoms with E-state index in [1.807, 2.05) is 6.07 Å². The van der Waals surface area contributed by atoms with Crippen molar-refractivity contribution < 1.29 is 4.52 Å². The molecule has 3 heteroatoms. The summed E-state index contributed by atoms with van der Waals surface area (Å²) in [6, 6.07) is 2.46. The average molecular weight is 182 g/mol. The fraction of sp³-hybridized carbons (Fsp3) is 0.700.